The van der Waals surface area contributed by atoms with Gasteiger partial charge in [0, 0.05) is 7.05 Å². The van der Waals surface area contributed by atoms with Crippen molar-refractivity contribution in [2.45, 2.75) is 25.8 Å². The van der Waals surface area contributed by atoms with E-state index in [-0.39, 0.29) is 0 Å². The molecule has 0 fully saturated rings. The summed E-state index contributed by atoms with van der Waals surface area (Å²) in [5.74, 6) is 0.409. The van der Waals surface area contributed by atoms with Gasteiger partial charge in [-0.3, -0.25) is 0 Å². The van der Waals surface area contributed by atoms with Crippen molar-refractivity contribution in [3.05, 3.63) is 35.4 Å². The van der Waals surface area contributed by atoms with Gasteiger partial charge in [-0.1, -0.05) is 38.1 Å². The van der Waals surface area contributed by atoms with Crippen LogP contribution in [0.2, 0.25) is 0 Å². The maximum absolute atomic E-state index is 11.5. The molecule has 0 saturated heterocycles. The number of sulfonamides is 1. The minimum atomic E-state index is -3.38. The van der Waals surface area contributed by atoms with Crippen LogP contribution in [0.1, 0.15) is 36.9 Å². The van der Waals surface area contributed by atoms with Gasteiger partial charge in [-0.15, -0.1) is 0 Å². The Morgan fingerprint density at radius 2 is 1.61 bits per heavy atom. The molecule has 18 heavy (non-hydrogen) atoms. The van der Waals surface area contributed by atoms with Gasteiger partial charge in [-0.25, -0.2) is 8.42 Å². The fraction of sp³-hybridized carbons (Fsp3) is 0.462. The summed E-state index contributed by atoms with van der Waals surface area (Å²) in [4.78, 5) is 0. The second kappa shape index (κ2) is 5.51. The molecule has 0 aliphatic carbocycles. The summed E-state index contributed by atoms with van der Waals surface area (Å²) in [6.45, 7) is 4.17. The van der Waals surface area contributed by atoms with E-state index < -0.39 is 16.1 Å². The molecule has 0 aliphatic rings. The molecule has 0 aromatic heterocycles. The molecule has 1 rings (SSSR count). The highest BCUT2D eigenvalue weighted by Gasteiger charge is 2.23. The van der Waals surface area contributed by atoms with Crippen molar-refractivity contribution in [2.75, 3.05) is 13.3 Å². The predicted molar refractivity (Wildman–Crippen MR) is 71.5 cm³/mol. The van der Waals surface area contributed by atoms with Gasteiger partial charge in [0.2, 0.25) is 10.0 Å². The monoisotopic (exact) mass is 266 g/mol. The third-order valence-corrected chi connectivity index (χ3v) is 4.18. The van der Waals surface area contributed by atoms with Crippen LogP contribution in [0, 0.1) is 11.3 Å². The molecule has 1 aromatic carbocycles. The molecule has 1 aromatic rings. The molecule has 98 valence electrons. The maximum Gasteiger partial charge on any atom is 0.212 e. The fourth-order valence-corrected chi connectivity index (χ4v) is 2.17. The molecule has 0 spiro atoms. The van der Waals surface area contributed by atoms with E-state index in [9.17, 15) is 8.42 Å². The van der Waals surface area contributed by atoms with Crippen molar-refractivity contribution in [3.63, 3.8) is 0 Å². The van der Waals surface area contributed by atoms with Crippen LogP contribution in [0.3, 0.4) is 0 Å². The van der Waals surface area contributed by atoms with E-state index >= 15 is 0 Å². The van der Waals surface area contributed by atoms with E-state index in [0.717, 1.165) is 16.1 Å². The SMILES string of the molecule is CC(C)c1ccc(C(C#N)N(C)S(C)(=O)=O)cc1. The topological polar surface area (TPSA) is 61.2 Å². The van der Waals surface area contributed by atoms with Crippen LogP contribution in [-0.2, 0) is 10.0 Å². The molecule has 5 heteroatoms. The van der Waals surface area contributed by atoms with Crippen LogP contribution in [0.5, 0.6) is 0 Å². The standard InChI is InChI=1S/C13H18N2O2S/c1-10(2)11-5-7-12(8-6-11)13(9-14)15(3)18(4,16)17/h5-8,10,13H,1-4H3. The lowest BCUT2D eigenvalue weighted by atomic mass is 9.99. The smallest absolute Gasteiger partial charge is 0.212 e. The van der Waals surface area contributed by atoms with Crippen LogP contribution in [0.25, 0.3) is 0 Å². The zero-order valence-corrected chi connectivity index (χ0v) is 11.9. The van der Waals surface area contributed by atoms with E-state index in [2.05, 4.69) is 13.8 Å². The zero-order valence-electron chi connectivity index (χ0n) is 11.1. The highest BCUT2D eigenvalue weighted by Crippen LogP contribution is 2.23. The van der Waals surface area contributed by atoms with Gasteiger partial charge in [0.1, 0.15) is 6.04 Å². The van der Waals surface area contributed by atoms with Crippen molar-refractivity contribution in [1.82, 2.24) is 4.31 Å². The second-order valence-electron chi connectivity index (χ2n) is 4.63. The van der Waals surface area contributed by atoms with Crippen molar-refractivity contribution < 1.29 is 8.42 Å². The third kappa shape index (κ3) is 3.31. The van der Waals surface area contributed by atoms with Crippen molar-refractivity contribution >= 4 is 10.0 Å². The number of benzene rings is 1. The summed E-state index contributed by atoms with van der Waals surface area (Å²) in [5.41, 5.74) is 1.85. The van der Waals surface area contributed by atoms with Crippen LogP contribution >= 0.6 is 0 Å². The Labute approximate surface area is 109 Å². The average Bonchev–Trinajstić information content (AvgIpc) is 2.29. The molecule has 1 unspecified atom stereocenters. The molecule has 0 radical (unpaired) electrons. The van der Waals surface area contributed by atoms with E-state index in [4.69, 9.17) is 5.26 Å². The summed E-state index contributed by atoms with van der Waals surface area (Å²) in [5, 5.41) is 9.14. The third-order valence-electron chi connectivity index (χ3n) is 2.93. The highest BCUT2D eigenvalue weighted by molar-refractivity contribution is 7.88. The number of rotatable bonds is 4. The van der Waals surface area contributed by atoms with E-state index in [1.165, 1.54) is 7.05 Å². The molecule has 4 nitrogen and oxygen atoms in total. The van der Waals surface area contributed by atoms with Crippen LogP contribution in [0.4, 0.5) is 0 Å². The Bertz CT molecular complexity index is 541. The van der Waals surface area contributed by atoms with Gasteiger partial charge in [0.25, 0.3) is 0 Å². The fourth-order valence-electron chi connectivity index (χ4n) is 1.62. The summed E-state index contributed by atoms with van der Waals surface area (Å²) < 4.78 is 24.0. The Kier molecular flexibility index (Phi) is 4.49. The molecule has 0 amide bonds. The quantitative estimate of drug-likeness (QED) is 0.840. The minimum absolute atomic E-state index is 0.409. The first-order valence-corrected chi connectivity index (χ1v) is 7.54. The molecule has 1 atom stereocenters. The van der Waals surface area contributed by atoms with Crippen molar-refractivity contribution in [3.8, 4) is 6.07 Å². The van der Waals surface area contributed by atoms with Gasteiger partial charge < -0.3 is 0 Å². The number of nitrogens with zero attached hydrogens (tertiary/aromatic N) is 2. The minimum Gasteiger partial charge on any atom is -0.212 e. The molecule has 0 saturated carbocycles. The largest absolute Gasteiger partial charge is 0.212 e. The lowest BCUT2D eigenvalue weighted by Crippen LogP contribution is -2.29. The van der Waals surface area contributed by atoms with Crippen molar-refractivity contribution in [2.24, 2.45) is 0 Å². The Morgan fingerprint density at radius 3 is 1.94 bits per heavy atom. The summed E-state index contributed by atoms with van der Waals surface area (Å²) in [7, 11) is -1.96. The Hall–Kier alpha value is -1.38. The lowest BCUT2D eigenvalue weighted by molar-refractivity contribution is 0.436. The first-order valence-electron chi connectivity index (χ1n) is 5.70. The van der Waals surface area contributed by atoms with Gasteiger partial charge in [0.05, 0.1) is 12.3 Å². The molecule has 0 aliphatic heterocycles. The van der Waals surface area contributed by atoms with Crippen LogP contribution < -0.4 is 0 Å². The second-order valence-corrected chi connectivity index (χ2v) is 6.67. The molecule has 0 heterocycles. The first kappa shape index (κ1) is 14.7. The van der Waals surface area contributed by atoms with Gasteiger partial charge in [0.15, 0.2) is 0 Å². The summed E-state index contributed by atoms with van der Waals surface area (Å²) in [6, 6.07) is 8.73. The Balaban J connectivity index is 3.08. The Morgan fingerprint density at radius 1 is 1.17 bits per heavy atom. The molecular formula is C13H18N2O2S. The zero-order chi connectivity index (χ0) is 13.9. The van der Waals surface area contributed by atoms with E-state index in [1.54, 1.807) is 0 Å². The molecular weight excluding hydrogens is 248 g/mol. The van der Waals surface area contributed by atoms with Gasteiger partial charge >= 0.3 is 0 Å². The predicted octanol–water partition coefficient (Wildman–Crippen LogP) is 2.27. The summed E-state index contributed by atoms with van der Waals surface area (Å²) >= 11 is 0. The number of hydrogen-bond acceptors (Lipinski definition) is 3. The van der Waals surface area contributed by atoms with Crippen LogP contribution in [0.15, 0.2) is 24.3 Å². The lowest BCUT2D eigenvalue weighted by Gasteiger charge is -2.20. The normalized spacial score (nSPS) is 13.6. The van der Waals surface area contributed by atoms with Gasteiger partial charge in [-0.2, -0.15) is 9.57 Å². The van der Waals surface area contributed by atoms with Crippen molar-refractivity contribution in [1.29, 1.82) is 5.26 Å². The maximum atomic E-state index is 11.5. The van der Waals surface area contributed by atoms with E-state index in [1.807, 2.05) is 30.3 Å². The number of nitriles is 1. The summed E-state index contributed by atoms with van der Waals surface area (Å²) in [6.07, 6.45) is 1.10. The molecule has 0 bridgehead atoms. The van der Waals surface area contributed by atoms with E-state index in [0.29, 0.717) is 11.5 Å². The number of hydrogen-bond donors (Lipinski definition) is 0. The average molecular weight is 266 g/mol. The first-order chi connectivity index (χ1) is 8.27. The highest BCUT2D eigenvalue weighted by atomic mass is 32.2. The van der Waals surface area contributed by atoms with Crippen LogP contribution in [-0.4, -0.2) is 26.0 Å². The van der Waals surface area contributed by atoms with Gasteiger partial charge in [-0.05, 0) is 17.0 Å². The molecule has 0 N–H and O–H groups in total.